The van der Waals surface area contributed by atoms with E-state index in [1.807, 2.05) is 6.20 Å². The topological polar surface area (TPSA) is 51.4 Å². The van der Waals surface area contributed by atoms with Crippen LogP contribution >= 0.6 is 11.3 Å². The highest BCUT2D eigenvalue weighted by Crippen LogP contribution is 2.30. The highest BCUT2D eigenvalue weighted by atomic mass is 32.1. The third kappa shape index (κ3) is 1.76. The first-order valence-corrected chi connectivity index (χ1v) is 5.11. The normalized spacial score (nSPS) is 22.3. The molecule has 4 nitrogen and oxygen atoms in total. The van der Waals surface area contributed by atoms with Crippen LogP contribution in [0.3, 0.4) is 0 Å². The molecule has 2 rings (SSSR count). The van der Waals surface area contributed by atoms with Gasteiger partial charge in [0.05, 0.1) is 13.3 Å². The van der Waals surface area contributed by atoms with Gasteiger partial charge in [-0.25, -0.2) is 4.98 Å². The van der Waals surface area contributed by atoms with Gasteiger partial charge in [0.25, 0.3) is 5.19 Å². The van der Waals surface area contributed by atoms with Crippen LogP contribution in [0.15, 0.2) is 6.20 Å². The van der Waals surface area contributed by atoms with Crippen LogP contribution in [-0.2, 0) is 0 Å². The molecule has 0 bridgehead atoms. The average molecular weight is 199 g/mol. The summed E-state index contributed by atoms with van der Waals surface area (Å²) in [7, 11) is 1.64. The fraction of sp³-hybridized carbons (Fsp3) is 0.625. The molecule has 0 saturated carbocycles. The van der Waals surface area contributed by atoms with Gasteiger partial charge < -0.3 is 15.4 Å². The molecule has 1 aromatic rings. The second kappa shape index (κ2) is 3.51. The van der Waals surface area contributed by atoms with Gasteiger partial charge >= 0.3 is 0 Å². The Labute approximate surface area is 81.3 Å². The first kappa shape index (κ1) is 8.77. The lowest BCUT2D eigenvalue weighted by Crippen LogP contribution is -2.25. The Morgan fingerprint density at radius 3 is 3.15 bits per heavy atom. The molecule has 0 aromatic carbocycles. The molecule has 2 heterocycles. The summed E-state index contributed by atoms with van der Waals surface area (Å²) in [5.74, 6) is 0. The van der Waals surface area contributed by atoms with E-state index in [2.05, 4.69) is 9.88 Å². The fourth-order valence-corrected chi connectivity index (χ4v) is 2.25. The van der Waals surface area contributed by atoms with Gasteiger partial charge in [-0.1, -0.05) is 11.3 Å². The molecule has 1 aromatic heterocycles. The molecule has 72 valence electrons. The van der Waals surface area contributed by atoms with E-state index >= 15 is 0 Å². The van der Waals surface area contributed by atoms with Crippen LogP contribution in [0.5, 0.6) is 5.19 Å². The maximum atomic E-state index is 5.81. The van der Waals surface area contributed by atoms with Crippen LogP contribution in [0.25, 0.3) is 0 Å². The molecular weight excluding hydrogens is 186 g/mol. The molecule has 0 radical (unpaired) electrons. The van der Waals surface area contributed by atoms with Crippen LogP contribution in [0.4, 0.5) is 5.00 Å². The number of nitrogens with zero attached hydrogens (tertiary/aromatic N) is 2. The lowest BCUT2D eigenvalue weighted by atomic mass is 10.3. The van der Waals surface area contributed by atoms with Gasteiger partial charge in [-0.3, -0.25) is 0 Å². The van der Waals surface area contributed by atoms with Gasteiger partial charge in [-0.15, -0.1) is 0 Å². The van der Waals surface area contributed by atoms with E-state index in [0.29, 0.717) is 6.04 Å². The summed E-state index contributed by atoms with van der Waals surface area (Å²) in [5, 5.41) is 1.88. The minimum atomic E-state index is 0.313. The van der Waals surface area contributed by atoms with Gasteiger partial charge in [-0.05, 0) is 6.42 Å². The van der Waals surface area contributed by atoms with Crippen molar-refractivity contribution in [1.29, 1.82) is 0 Å². The predicted octanol–water partition coefficient (Wildman–Crippen LogP) is 0.689. The van der Waals surface area contributed by atoms with Gasteiger partial charge in [-0.2, -0.15) is 0 Å². The number of anilines is 1. The maximum absolute atomic E-state index is 5.81. The quantitative estimate of drug-likeness (QED) is 0.761. The summed E-state index contributed by atoms with van der Waals surface area (Å²) in [6.45, 7) is 1.97. The Hall–Kier alpha value is -0.810. The lowest BCUT2D eigenvalue weighted by molar-refractivity contribution is 0.412. The third-order valence-corrected chi connectivity index (χ3v) is 3.20. The molecule has 2 N–H and O–H groups in total. The Bertz CT molecular complexity index is 289. The molecule has 1 atom stereocenters. The molecule has 5 heteroatoms. The van der Waals surface area contributed by atoms with Gasteiger partial charge in [0.2, 0.25) is 0 Å². The van der Waals surface area contributed by atoms with E-state index in [9.17, 15) is 0 Å². The first-order valence-electron chi connectivity index (χ1n) is 4.30. The number of aromatic nitrogens is 1. The third-order valence-electron chi connectivity index (χ3n) is 2.18. The van der Waals surface area contributed by atoms with Crippen LogP contribution < -0.4 is 15.4 Å². The smallest absolute Gasteiger partial charge is 0.274 e. The summed E-state index contributed by atoms with van der Waals surface area (Å²) in [4.78, 5) is 6.37. The second-order valence-corrected chi connectivity index (χ2v) is 4.13. The van der Waals surface area contributed by atoms with Crippen molar-refractivity contribution >= 4 is 16.3 Å². The van der Waals surface area contributed by atoms with Crippen molar-refractivity contribution in [2.75, 3.05) is 25.1 Å². The Kier molecular flexibility index (Phi) is 2.37. The van der Waals surface area contributed by atoms with Crippen LogP contribution in [0.2, 0.25) is 0 Å². The van der Waals surface area contributed by atoms with Gasteiger partial charge in [0.1, 0.15) is 5.00 Å². The van der Waals surface area contributed by atoms with Crippen molar-refractivity contribution in [2.45, 2.75) is 12.5 Å². The number of ether oxygens (including phenoxy) is 1. The van der Waals surface area contributed by atoms with Gasteiger partial charge in [0, 0.05) is 19.1 Å². The predicted molar refractivity (Wildman–Crippen MR) is 53.5 cm³/mol. The molecule has 1 fully saturated rings. The minimum Gasteiger partial charge on any atom is -0.473 e. The van der Waals surface area contributed by atoms with Gasteiger partial charge in [0.15, 0.2) is 0 Å². The molecule has 0 amide bonds. The maximum Gasteiger partial charge on any atom is 0.274 e. The van der Waals surface area contributed by atoms with Crippen molar-refractivity contribution in [3.63, 3.8) is 0 Å². The standard InChI is InChI=1S/C8H13N3OS/c1-12-8-10-4-7(13-8)11-3-2-6(9)5-11/h4,6H,2-3,5,9H2,1H3. The van der Waals surface area contributed by atoms with Crippen molar-refractivity contribution in [3.8, 4) is 5.19 Å². The summed E-state index contributed by atoms with van der Waals surface area (Å²) >= 11 is 1.57. The van der Waals surface area contributed by atoms with Crippen molar-refractivity contribution in [3.05, 3.63) is 6.20 Å². The minimum absolute atomic E-state index is 0.313. The Morgan fingerprint density at radius 1 is 1.77 bits per heavy atom. The fourth-order valence-electron chi connectivity index (χ4n) is 1.48. The van der Waals surface area contributed by atoms with E-state index in [1.165, 1.54) is 0 Å². The molecule has 1 unspecified atom stereocenters. The number of hydrogen-bond acceptors (Lipinski definition) is 5. The average Bonchev–Trinajstić information content (AvgIpc) is 2.71. The highest BCUT2D eigenvalue weighted by molar-refractivity contribution is 7.17. The lowest BCUT2D eigenvalue weighted by Gasteiger charge is -2.13. The van der Waals surface area contributed by atoms with Crippen LogP contribution in [-0.4, -0.2) is 31.2 Å². The molecular formula is C8H13N3OS. The van der Waals surface area contributed by atoms with E-state index in [4.69, 9.17) is 10.5 Å². The zero-order valence-corrected chi connectivity index (χ0v) is 8.38. The molecule has 1 aliphatic heterocycles. The molecule has 0 spiro atoms. The molecule has 0 aliphatic carbocycles. The molecule has 13 heavy (non-hydrogen) atoms. The zero-order chi connectivity index (χ0) is 9.26. The van der Waals surface area contributed by atoms with E-state index in [-0.39, 0.29) is 0 Å². The Morgan fingerprint density at radius 2 is 2.62 bits per heavy atom. The SMILES string of the molecule is COc1ncc(N2CCC(N)C2)s1. The highest BCUT2D eigenvalue weighted by Gasteiger charge is 2.20. The zero-order valence-electron chi connectivity index (χ0n) is 7.56. The number of methoxy groups -OCH3 is 1. The number of thiazole rings is 1. The number of nitrogens with two attached hydrogens (primary N) is 1. The van der Waals surface area contributed by atoms with Crippen LogP contribution in [0, 0.1) is 0 Å². The first-order chi connectivity index (χ1) is 6.29. The molecule has 1 aliphatic rings. The van der Waals surface area contributed by atoms with E-state index < -0.39 is 0 Å². The molecule has 1 saturated heterocycles. The number of hydrogen-bond donors (Lipinski definition) is 1. The Balaban J connectivity index is 2.08. The summed E-state index contributed by atoms with van der Waals surface area (Å²) in [6.07, 6.45) is 2.92. The van der Waals surface area contributed by atoms with E-state index in [0.717, 1.165) is 29.7 Å². The largest absolute Gasteiger partial charge is 0.473 e. The van der Waals surface area contributed by atoms with Crippen LogP contribution in [0.1, 0.15) is 6.42 Å². The van der Waals surface area contributed by atoms with E-state index in [1.54, 1.807) is 18.4 Å². The summed E-state index contributed by atoms with van der Waals surface area (Å²) in [5.41, 5.74) is 5.81. The second-order valence-electron chi connectivity index (χ2n) is 3.16. The number of rotatable bonds is 2. The summed E-state index contributed by atoms with van der Waals surface area (Å²) in [6, 6.07) is 0.313. The monoisotopic (exact) mass is 199 g/mol. The summed E-state index contributed by atoms with van der Waals surface area (Å²) < 4.78 is 5.03. The van der Waals surface area contributed by atoms with Crippen molar-refractivity contribution in [2.24, 2.45) is 5.73 Å². The van der Waals surface area contributed by atoms with Crippen molar-refractivity contribution < 1.29 is 4.74 Å². The van der Waals surface area contributed by atoms with Crippen molar-refractivity contribution in [1.82, 2.24) is 4.98 Å².